The summed E-state index contributed by atoms with van der Waals surface area (Å²) in [5.41, 5.74) is 3.14. The molecule has 1 aliphatic rings. The van der Waals surface area contributed by atoms with Gasteiger partial charge in [-0.15, -0.1) is 0 Å². The Hall–Kier alpha value is -2.82. The molecular formula is C21H24N2O3. The third-order valence-electron chi connectivity index (χ3n) is 4.51. The fourth-order valence-corrected chi connectivity index (χ4v) is 3.11. The minimum atomic E-state index is -0.187. The van der Waals surface area contributed by atoms with Crippen molar-refractivity contribution in [1.29, 1.82) is 0 Å². The van der Waals surface area contributed by atoms with Crippen molar-refractivity contribution in [3.63, 3.8) is 0 Å². The minimum absolute atomic E-state index is 0.148. The third-order valence-corrected chi connectivity index (χ3v) is 4.51. The van der Waals surface area contributed by atoms with E-state index in [2.05, 4.69) is 5.32 Å². The van der Waals surface area contributed by atoms with Crippen LogP contribution in [0.4, 0.5) is 11.4 Å². The lowest BCUT2D eigenvalue weighted by atomic mass is 10.1. The Morgan fingerprint density at radius 3 is 2.62 bits per heavy atom. The van der Waals surface area contributed by atoms with E-state index in [4.69, 9.17) is 4.74 Å². The summed E-state index contributed by atoms with van der Waals surface area (Å²) in [5, 5.41) is 2.91. The van der Waals surface area contributed by atoms with E-state index in [-0.39, 0.29) is 11.8 Å². The zero-order chi connectivity index (χ0) is 18.5. The van der Waals surface area contributed by atoms with Crippen LogP contribution in [0.15, 0.2) is 42.5 Å². The summed E-state index contributed by atoms with van der Waals surface area (Å²) >= 11 is 0. The van der Waals surface area contributed by atoms with Gasteiger partial charge >= 0.3 is 0 Å². The molecule has 1 N–H and O–H groups in total. The molecule has 0 bridgehead atoms. The number of piperidine rings is 1. The highest BCUT2D eigenvalue weighted by molar-refractivity contribution is 6.05. The molecule has 0 aliphatic carbocycles. The van der Waals surface area contributed by atoms with Gasteiger partial charge in [0.2, 0.25) is 5.91 Å². The van der Waals surface area contributed by atoms with Gasteiger partial charge in [0.1, 0.15) is 5.75 Å². The Kier molecular flexibility index (Phi) is 5.56. The normalized spacial score (nSPS) is 14.2. The van der Waals surface area contributed by atoms with Crippen molar-refractivity contribution in [2.45, 2.75) is 33.1 Å². The van der Waals surface area contributed by atoms with E-state index in [1.807, 2.05) is 36.9 Å². The maximum absolute atomic E-state index is 12.5. The zero-order valence-electron chi connectivity index (χ0n) is 15.2. The molecular weight excluding hydrogens is 328 g/mol. The van der Waals surface area contributed by atoms with Crippen molar-refractivity contribution >= 4 is 23.2 Å². The van der Waals surface area contributed by atoms with E-state index >= 15 is 0 Å². The zero-order valence-corrected chi connectivity index (χ0v) is 15.2. The summed E-state index contributed by atoms with van der Waals surface area (Å²) in [5.74, 6) is 0.701. The van der Waals surface area contributed by atoms with Gasteiger partial charge in [0, 0.05) is 29.9 Å². The van der Waals surface area contributed by atoms with Crippen LogP contribution in [0.3, 0.4) is 0 Å². The number of hydrogen-bond donors (Lipinski definition) is 1. The number of hydrogen-bond acceptors (Lipinski definition) is 3. The van der Waals surface area contributed by atoms with Gasteiger partial charge in [0.25, 0.3) is 5.91 Å². The summed E-state index contributed by atoms with van der Waals surface area (Å²) in [6.07, 6.45) is 2.54. The first-order valence-electron chi connectivity index (χ1n) is 9.03. The number of rotatable bonds is 5. The number of ether oxygens (including phenoxy) is 1. The minimum Gasteiger partial charge on any atom is -0.494 e. The number of carbonyl (C=O) groups excluding carboxylic acids is 2. The molecule has 2 aromatic rings. The Bertz CT molecular complexity index is 799. The first-order valence-corrected chi connectivity index (χ1v) is 9.03. The standard InChI is InChI=1S/C21H24N2O3/c1-3-26-18-11-8-16(9-12-18)21(25)22-17-10-7-15(2)19(14-17)23-13-5-4-6-20(23)24/h7-12,14H,3-6,13H2,1-2H3,(H,22,25). The highest BCUT2D eigenvalue weighted by Crippen LogP contribution is 2.28. The van der Waals surface area contributed by atoms with Gasteiger partial charge in [-0.25, -0.2) is 0 Å². The largest absolute Gasteiger partial charge is 0.494 e. The molecule has 136 valence electrons. The predicted molar refractivity (Wildman–Crippen MR) is 103 cm³/mol. The van der Waals surface area contributed by atoms with Crippen LogP contribution in [0.25, 0.3) is 0 Å². The van der Waals surface area contributed by atoms with Crippen LogP contribution in [0.5, 0.6) is 5.75 Å². The summed E-state index contributed by atoms with van der Waals surface area (Å²) in [4.78, 5) is 26.5. The van der Waals surface area contributed by atoms with Crippen LogP contribution in [0.1, 0.15) is 42.1 Å². The molecule has 26 heavy (non-hydrogen) atoms. The molecule has 0 radical (unpaired) electrons. The number of carbonyl (C=O) groups is 2. The molecule has 0 atom stereocenters. The van der Waals surface area contributed by atoms with E-state index in [9.17, 15) is 9.59 Å². The average molecular weight is 352 g/mol. The Balaban J connectivity index is 1.76. The lowest BCUT2D eigenvalue weighted by Crippen LogP contribution is -2.35. The molecule has 1 heterocycles. The van der Waals surface area contributed by atoms with E-state index in [1.54, 1.807) is 24.3 Å². The number of anilines is 2. The SMILES string of the molecule is CCOc1ccc(C(=O)Nc2ccc(C)c(N3CCCCC3=O)c2)cc1. The van der Waals surface area contributed by atoms with Crippen LogP contribution in [0.2, 0.25) is 0 Å². The summed E-state index contributed by atoms with van der Waals surface area (Å²) in [7, 11) is 0. The molecule has 5 nitrogen and oxygen atoms in total. The fourth-order valence-electron chi connectivity index (χ4n) is 3.11. The number of benzene rings is 2. The van der Waals surface area contributed by atoms with E-state index in [1.165, 1.54) is 0 Å². The first-order chi connectivity index (χ1) is 12.6. The van der Waals surface area contributed by atoms with Crippen LogP contribution < -0.4 is 15.0 Å². The number of amides is 2. The van der Waals surface area contributed by atoms with Crippen LogP contribution in [-0.4, -0.2) is 25.0 Å². The van der Waals surface area contributed by atoms with Crippen molar-refractivity contribution in [3.8, 4) is 5.75 Å². The third kappa shape index (κ3) is 4.04. The van der Waals surface area contributed by atoms with Crippen molar-refractivity contribution in [3.05, 3.63) is 53.6 Å². The topological polar surface area (TPSA) is 58.6 Å². The molecule has 1 saturated heterocycles. The number of nitrogens with zero attached hydrogens (tertiary/aromatic N) is 1. The molecule has 2 aromatic carbocycles. The fraction of sp³-hybridized carbons (Fsp3) is 0.333. The van der Waals surface area contributed by atoms with Gasteiger partial charge in [-0.3, -0.25) is 9.59 Å². The predicted octanol–water partition coefficient (Wildman–Crippen LogP) is 4.16. The van der Waals surface area contributed by atoms with Gasteiger partial charge in [0.15, 0.2) is 0 Å². The quantitative estimate of drug-likeness (QED) is 0.879. The van der Waals surface area contributed by atoms with Gasteiger partial charge in [-0.05, 0) is 68.7 Å². The lowest BCUT2D eigenvalue weighted by molar-refractivity contribution is -0.119. The van der Waals surface area contributed by atoms with E-state index in [0.29, 0.717) is 24.3 Å². The Morgan fingerprint density at radius 1 is 1.15 bits per heavy atom. The molecule has 1 aliphatic heterocycles. The molecule has 2 amide bonds. The second-order valence-corrected chi connectivity index (χ2v) is 6.42. The lowest BCUT2D eigenvalue weighted by Gasteiger charge is -2.28. The van der Waals surface area contributed by atoms with Crippen molar-refractivity contribution in [1.82, 2.24) is 0 Å². The van der Waals surface area contributed by atoms with Crippen molar-refractivity contribution in [2.75, 3.05) is 23.4 Å². The molecule has 0 aromatic heterocycles. The highest BCUT2D eigenvalue weighted by Gasteiger charge is 2.21. The average Bonchev–Trinajstić information content (AvgIpc) is 2.65. The Morgan fingerprint density at radius 2 is 1.92 bits per heavy atom. The monoisotopic (exact) mass is 352 g/mol. The number of aryl methyl sites for hydroxylation is 1. The second kappa shape index (κ2) is 8.04. The highest BCUT2D eigenvalue weighted by atomic mass is 16.5. The van der Waals surface area contributed by atoms with Crippen LogP contribution in [0, 0.1) is 6.92 Å². The van der Waals surface area contributed by atoms with Crippen LogP contribution in [-0.2, 0) is 4.79 Å². The molecule has 0 spiro atoms. The molecule has 3 rings (SSSR count). The molecule has 1 fully saturated rings. The molecule has 0 saturated carbocycles. The van der Waals surface area contributed by atoms with Crippen molar-refractivity contribution in [2.24, 2.45) is 0 Å². The van der Waals surface area contributed by atoms with Crippen LogP contribution >= 0.6 is 0 Å². The van der Waals surface area contributed by atoms with Gasteiger partial charge in [0.05, 0.1) is 6.61 Å². The van der Waals surface area contributed by atoms with E-state index in [0.717, 1.165) is 36.4 Å². The summed E-state index contributed by atoms with van der Waals surface area (Å²) in [6, 6.07) is 12.7. The Labute approximate surface area is 154 Å². The molecule has 0 unspecified atom stereocenters. The maximum atomic E-state index is 12.5. The smallest absolute Gasteiger partial charge is 0.255 e. The summed E-state index contributed by atoms with van der Waals surface area (Å²) < 4.78 is 5.40. The summed E-state index contributed by atoms with van der Waals surface area (Å²) in [6.45, 7) is 5.22. The van der Waals surface area contributed by atoms with E-state index < -0.39 is 0 Å². The van der Waals surface area contributed by atoms with Gasteiger partial charge in [-0.1, -0.05) is 6.07 Å². The second-order valence-electron chi connectivity index (χ2n) is 6.42. The maximum Gasteiger partial charge on any atom is 0.255 e. The van der Waals surface area contributed by atoms with Crippen molar-refractivity contribution < 1.29 is 14.3 Å². The first kappa shape index (κ1) is 18.0. The van der Waals surface area contributed by atoms with Gasteiger partial charge in [-0.2, -0.15) is 0 Å². The number of nitrogens with one attached hydrogen (secondary N) is 1. The van der Waals surface area contributed by atoms with Gasteiger partial charge < -0.3 is 15.0 Å². The molecule has 5 heteroatoms.